The van der Waals surface area contributed by atoms with Gasteiger partial charge >= 0.3 is 0 Å². The van der Waals surface area contributed by atoms with Crippen molar-refractivity contribution in [1.82, 2.24) is 29.9 Å². The molecule has 0 spiro atoms. The van der Waals surface area contributed by atoms with Crippen LogP contribution in [-0.2, 0) is 11.3 Å². The summed E-state index contributed by atoms with van der Waals surface area (Å²) in [6.45, 7) is 6.57. The summed E-state index contributed by atoms with van der Waals surface area (Å²) in [7, 11) is 0. The maximum atomic E-state index is 9.99. The van der Waals surface area contributed by atoms with E-state index in [1.54, 1.807) is 12.4 Å². The van der Waals surface area contributed by atoms with E-state index in [1.807, 2.05) is 47.3 Å². The number of nitriles is 1. The maximum absolute atomic E-state index is 9.99. The Kier molecular flexibility index (Phi) is 7.53. The summed E-state index contributed by atoms with van der Waals surface area (Å²) < 4.78 is 7.43. The van der Waals surface area contributed by atoms with E-state index in [2.05, 4.69) is 62.0 Å². The third-order valence-corrected chi connectivity index (χ3v) is 10.0. The monoisotopic (exact) mass is 631 g/mol. The van der Waals surface area contributed by atoms with Crippen molar-refractivity contribution in [3.8, 4) is 17.5 Å². The van der Waals surface area contributed by atoms with Crippen LogP contribution in [-0.4, -0.2) is 62.2 Å². The number of pyridine rings is 2. The van der Waals surface area contributed by atoms with Gasteiger partial charge in [0.25, 0.3) is 0 Å². The molecule has 2 N–H and O–H groups in total. The Labute approximate surface area is 272 Å². The highest BCUT2D eigenvalue weighted by Gasteiger charge is 2.58. The Morgan fingerprint density at radius 3 is 2.65 bits per heavy atom. The smallest absolute Gasteiger partial charge is 0.131 e. The van der Waals surface area contributed by atoms with Gasteiger partial charge in [-0.25, -0.2) is 4.68 Å². The lowest BCUT2D eigenvalue weighted by Crippen LogP contribution is -2.49. The molecule has 3 fully saturated rings. The maximum Gasteiger partial charge on any atom is 0.131 e. The summed E-state index contributed by atoms with van der Waals surface area (Å²) >= 11 is 6.79. The Hall–Kier alpha value is -4.56. The SMILES string of the molecule is CC[C@@H](Nc1c(C#N)cnc2c(Cl)cc(NCc3cccnc3-c3cn(C4[C@@H]5CN(C6COC6)C[C@@H]45)nn3)cc12)c1ccccc1. The van der Waals surface area contributed by atoms with Crippen molar-refractivity contribution in [3.63, 3.8) is 0 Å². The molecule has 1 saturated carbocycles. The minimum absolute atomic E-state index is 0.0205. The van der Waals surface area contributed by atoms with Crippen LogP contribution in [0.4, 0.5) is 11.4 Å². The second-order valence-corrected chi connectivity index (χ2v) is 12.8. The molecule has 2 saturated heterocycles. The summed E-state index contributed by atoms with van der Waals surface area (Å²) in [5.74, 6) is 1.27. The molecule has 1 aliphatic carbocycles. The molecule has 0 unspecified atom stereocenters. The number of likely N-dealkylation sites (tertiary alicyclic amines) is 1. The van der Waals surface area contributed by atoms with Crippen molar-refractivity contribution in [2.75, 3.05) is 36.9 Å². The number of anilines is 2. The van der Waals surface area contributed by atoms with Crippen LogP contribution in [0.25, 0.3) is 22.3 Å². The molecule has 2 aromatic carbocycles. The molecule has 46 heavy (non-hydrogen) atoms. The number of aromatic nitrogens is 5. The third-order valence-electron chi connectivity index (χ3n) is 9.72. The van der Waals surface area contributed by atoms with E-state index in [9.17, 15) is 5.26 Å². The van der Waals surface area contributed by atoms with E-state index < -0.39 is 0 Å². The number of benzene rings is 2. The summed E-state index contributed by atoms with van der Waals surface area (Å²) in [4.78, 5) is 11.8. The molecule has 3 aliphatic rings. The minimum Gasteiger partial charge on any atom is -0.381 e. The average Bonchev–Trinajstić information content (AvgIpc) is 3.36. The molecular formula is C35H34ClN9O. The van der Waals surface area contributed by atoms with Crippen LogP contribution in [0.2, 0.25) is 5.02 Å². The van der Waals surface area contributed by atoms with Crippen LogP contribution < -0.4 is 10.6 Å². The number of halogens is 1. The second-order valence-electron chi connectivity index (χ2n) is 12.4. The third kappa shape index (κ3) is 5.24. The molecule has 5 heterocycles. The van der Waals surface area contributed by atoms with Crippen LogP contribution in [0.3, 0.4) is 0 Å². The van der Waals surface area contributed by atoms with E-state index in [0.717, 1.165) is 72.0 Å². The summed E-state index contributed by atoms with van der Waals surface area (Å²) in [6, 6.07) is 21.4. The van der Waals surface area contributed by atoms with Gasteiger partial charge in [-0.05, 0) is 35.7 Å². The van der Waals surface area contributed by atoms with Crippen LogP contribution in [0.15, 0.2) is 73.2 Å². The number of fused-ring (bicyclic) bond motifs is 2. The van der Waals surface area contributed by atoms with Crippen molar-refractivity contribution in [1.29, 1.82) is 5.26 Å². The molecule has 232 valence electrons. The molecule has 3 aromatic heterocycles. The first-order chi connectivity index (χ1) is 22.6. The van der Waals surface area contributed by atoms with Crippen LogP contribution in [0.1, 0.15) is 42.1 Å². The van der Waals surface area contributed by atoms with Crippen LogP contribution >= 0.6 is 11.6 Å². The largest absolute Gasteiger partial charge is 0.381 e. The number of nitrogens with one attached hydrogen (secondary N) is 2. The topological polar surface area (TPSA) is 117 Å². The zero-order valence-electron chi connectivity index (χ0n) is 25.5. The van der Waals surface area contributed by atoms with Crippen molar-refractivity contribution in [2.45, 2.75) is 38.0 Å². The number of piperidine rings is 1. The highest BCUT2D eigenvalue weighted by molar-refractivity contribution is 6.35. The van der Waals surface area contributed by atoms with Crippen LogP contribution in [0, 0.1) is 23.2 Å². The normalized spacial score (nSPS) is 21.4. The molecule has 0 bridgehead atoms. The number of hydrogen-bond donors (Lipinski definition) is 2. The van der Waals surface area contributed by atoms with Gasteiger partial charge in [0.05, 0.1) is 65.0 Å². The highest BCUT2D eigenvalue weighted by atomic mass is 35.5. The van der Waals surface area contributed by atoms with E-state index in [1.165, 1.54) is 0 Å². The molecule has 3 atom stereocenters. The van der Waals surface area contributed by atoms with Crippen molar-refractivity contribution < 1.29 is 4.74 Å². The zero-order valence-corrected chi connectivity index (χ0v) is 26.2. The average molecular weight is 632 g/mol. The van der Waals surface area contributed by atoms with Gasteiger partial charge in [-0.2, -0.15) is 5.26 Å². The first-order valence-electron chi connectivity index (χ1n) is 15.9. The number of ether oxygens (including phenoxy) is 1. The van der Waals surface area contributed by atoms with Gasteiger partial charge in [-0.3, -0.25) is 14.9 Å². The fraction of sp³-hybridized carbons (Fsp3) is 0.343. The molecule has 10 nitrogen and oxygen atoms in total. The van der Waals surface area contributed by atoms with Gasteiger partial charge in [-0.1, -0.05) is 60.1 Å². The van der Waals surface area contributed by atoms with Gasteiger partial charge in [0.2, 0.25) is 0 Å². The molecule has 5 aromatic rings. The first kappa shape index (κ1) is 28.9. The van der Waals surface area contributed by atoms with Crippen molar-refractivity contribution in [3.05, 3.63) is 94.9 Å². The lowest BCUT2D eigenvalue weighted by atomic mass is 10.0. The van der Waals surface area contributed by atoms with Crippen molar-refractivity contribution in [2.24, 2.45) is 11.8 Å². The highest BCUT2D eigenvalue weighted by Crippen LogP contribution is 2.55. The Balaban J connectivity index is 1.02. The van der Waals surface area contributed by atoms with E-state index in [4.69, 9.17) is 21.3 Å². The first-order valence-corrected chi connectivity index (χ1v) is 16.2. The lowest BCUT2D eigenvalue weighted by molar-refractivity contribution is -0.0617. The van der Waals surface area contributed by atoms with E-state index in [0.29, 0.717) is 46.6 Å². The Morgan fingerprint density at radius 1 is 1.09 bits per heavy atom. The van der Waals surface area contributed by atoms with Crippen LogP contribution in [0.5, 0.6) is 0 Å². The zero-order chi connectivity index (χ0) is 31.2. The predicted molar refractivity (Wildman–Crippen MR) is 177 cm³/mol. The van der Waals surface area contributed by atoms with Gasteiger partial charge in [0, 0.05) is 54.9 Å². The number of hydrogen-bond acceptors (Lipinski definition) is 9. The van der Waals surface area contributed by atoms with Gasteiger partial charge in [0.1, 0.15) is 11.8 Å². The van der Waals surface area contributed by atoms with Gasteiger partial charge < -0.3 is 15.4 Å². The molecule has 11 heteroatoms. The van der Waals surface area contributed by atoms with Crippen molar-refractivity contribution >= 4 is 33.9 Å². The fourth-order valence-electron chi connectivity index (χ4n) is 7.07. The Morgan fingerprint density at radius 2 is 1.91 bits per heavy atom. The standard InChI is InChI=1S/C35H34ClN9O/c1-2-30(21-7-4-3-5-8-21)41-32-23(13-37)15-40-34-26(32)11-24(12-29(34)36)39-14-22-9-6-10-38-33(22)31-18-45(43-42-31)35-27-16-44(17-28(27)35)25-19-46-20-25/h3-12,15,18,25,27-28,30,35,39H,2,14,16-17,19-20H2,1H3,(H,40,41)/t27-,28-,30-/m1/s1. The molecule has 8 rings (SSSR count). The minimum atomic E-state index is 0.0205. The van der Waals surface area contributed by atoms with Gasteiger partial charge in [0.15, 0.2) is 0 Å². The second kappa shape index (κ2) is 12.0. The van der Waals surface area contributed by atoms with E-state index >= 15 is 0 Å². The summed E-state index contributed by atoms with van der Waals surface area (Å²) in [5.41, 5.74) is 6.37. The molecule has 0 amide bonds. The quantitative estimate of drug-likeness (QED) is 0.189. The Bertz CT molecular complexity index is 1920. The fourth-order valence-corrected chi connectivity index (χ4v) is 7.34. The molecule has 2 aliphatic heterocycles. The lowest BCUT2D eigenvalue weighted by Gasteiger charge is -2.35. The number of nitrogens with zero attached hydrogens (tertiary/aromatic N) is 7. The molecule has 0 radical (unpaired) electrons. The summed E-state index contributed by atoms with van der Waals surface area (Å²) in [6.07, 6.45) is 6.27. The number of rotatable bonds is 10. The predicted octanol–water partition coefficient (Wildman–Crippen LogP) is 6.09. The van der Waals surface area contributed by atoms with Gasteiger partial charge in [-0.15, -0.1) is 5.10 Å². The summed E-state index contributed by atoms with van der Waals surface area (Å²) in [5, 5.41) is 27.5. The molecular weight excluding hydrogens is 598 g/mol. The van der Waals surface area contributed by atoms with E-state index in [-0.39, 0.29) is 6.04 Å².